The van der Waals surface area contributed by atoms with Gasteiger partial charge in [-0.05, 0) is 54.8 Å². The minimum atomic E-state index is -0.292. The third-order valence-electron chi connectivity index (χ3n) is 5.66. The molecule has 3 N–H and O–H groups in total. The van der Waals surface area contributed by atoms with Crippen LogP contribution in [0.4, 0.5) is 16.2 Å². The molecule has 0 aliphatic rings. The van der Waals surface area contributed by atoms with Crippen molar-refractivity contribution in [3.8, 4) is 5.75 Å². The van der Waals surface area contributed by atoms with Crippen molar-refractivity contribution in [3.63, 3.8) is 0 Å². The summed E-state index contributed by atoms with van der Waals surface area (Å²) in [4.78, 5) is 12.1. The van der Waals surface area contributed by atoms with Gasteiger partial charge in [0.2, 0.25) is 0 Å². The maximum Gasteiger partial charge on any atom is 0.323 e. The summed E-state index contributed by atoms with van der Waals surface area (Å²) in [5.74, 6) is 0.176. The second-order valence-corrected chi connectivity index (χ2v) is 8.46. The number of unbranched alkanes of at least 4 members (excludes halogenated alkanes) is 11. The van der Waals surface area contributed by atoms with Crippen LogP contribution in [0.3, 0.4) is 0 Å². The van der Waals surface area contributed by atoms with Crippen LogP contribution < -0.4 is 10.6 Å². The third kappa shape index (κ3) is 11.5. The smallest absolute Gasteiger partial charge is 0.323 e. The lowest BCUT2D eigenvalue weighted by molar-refractivity contribution is 0.262. The number of hydrogen-bond acceptors (Lipinski definition) is 2. The van der Waals surface area contributed by atoms with Crippen LogP contribution in [0.1, 0.15) is 89.5 Å². The number of aromatic hydroxyl groups is 1. The first-order valence-electron chi connectivity index (χ1n) is 12.1. The van der Waals surface area contributed by atoms with Gasteiger partial charge in [-0.3, -0.25) is 0 Å². The highest BCUT2D eigenvalue weighted by molar-refractivity contribution is 5.99. The molecule has 4 nitrogen and oxygen atoms in total. The van der Waals surface area contributed by atoms with Crippen LogP contribution in [0.15, 0.2) is 48.5 Å². The summed E-state index contributed by atoms with van der Waals surface area (Å²) >= 11 is 0. The summed E-state index contributed by atoms with van der Waals surface area (Å²) in [7, 11) is 0. The van der Waals surface area contributed by atoms with E-state index in [1.54, 1.807) is 24.3 Å². The molecule has 2 aromatic rings. The fourth-order valence-electron chi connectivity index (χ4n) is 3.76. The first-order chi connectivity index (χ1) is 15.2. The molecule has 0 radical (unpaired) electrons. The number of anilines is 2. The first-order valence-corrected chi connectivity index (χ1v) is 12.1. The fraction of sp³-hybridized carbons (Fsp3) is 0.519. The Morgan fingerprint density at radius 1 is 0.645 bits per heavy atom. The highest BCUT2D eigenvalue weighted by Gasteiger charge is 2.03. The van der Waals surface area contributed by atoms with Gasteiger partial charge in [0.15, 0.2) is 0 Å². The van der Waals surface area contributed by atoms with E-state index in [4.69, 9.17) is 0 Å². The van der Waals surface area contributed by atoms with Crippen molar-refractivity contribution in [3.05, 3.63) is 54.1 Å². The summed E-state index contributed by atoms with van der Waals surface area (Å²) in [5.41, 5.74) is 2.73. The molecule has 0 aliphatic heterocycles. The second-order valence-electron chi connectivity index (χ2n) is 8.46. The Balaban J connectivity index is 1.51. The van der Waals surface area contributed by atoms with E-state index in [9.17, 15) is 9.90 Å². The molecule has 0 fully saturated rings. The topological polar surface area (TPSA) is 61.4 Å². The Hall–Kier alpha value is -2.49. The molecule has 0 heterocycles. The van der Waals surface area contributed by atoms with E-state index < -0.39 is 0 Å². The Kier molecular flexibility index (Phi) is 12.3. The minimum absolute atomic E-state index is 0.176. The molecule has 4 heteroatoms. The van der Waals surface area contributed by atoms with Crippen LogP contribution in [0.25, 0.3) is 0 Å². The lowest BCUT2D eigenvalue weighted by Gasteiger charge is -2.09. The number of carbonyl (C=O) groups is 1. The van der Waals surface area contributed by atoms with Crippen molar-refractivity contribution in [1.29, 1.82) is 0 Å². The number of nitrogens with one attached hydrogen (secondary N) is 2. The summed E-state index contributed by atoms with van der Waals surface area (Å²) in [6.07, 6.45) is 17.5. The van der Waals surface area contributed by atoms with Gasteiger partial charge in [-0.2, -0.15) is 0 Å². The molecule has 170 valence electrons. The SMILES string of the molecule is CCCCCCCCCCCCCCc1ccc(NC(=O)Nc2ccc(O)cc2)cc1. The molecule has 0 unspecified atom stereocenters. The Morgan fingerprint density at radius 3 is 1.55 bits per heavy atom. The molecular formula is C27H40N2O2. The van der Waals surface area contributed by atoms with E-state index in [-0.39, 0.29) is 11.8 Å². The maximum atomic E-state index is 12.1. The zero-order valence-electron chi connectivity index (χ0n) is 19.2. The number of rotatable bonds is 15. The van der Waals surface area contributed by atoms with Gasteiger partial charge in [0.05, 0.1) is 0 Å². The zero-order chi connectivity index (χ0) is 22.2. The van der Waals surface area contributed by atoms with Crippen molar-refractivity contribution < 1.29 is 9.90 Å². The molecule has 2 aromatic carbocycles. The Bertz CT molecular complexity index is 726. The molecule has 31 heavy (non-hydrogen) atoms. The predicted molar refractivity (Wildman–Crippen MR) is 132 cm³/mol. The van der Waals surface area contributed by atoms with Crippen molar-refractivity contribution in [1.82, 2.24) is 0 Å². The van der Waals surface area contributed by atoms with Crippen LogP contribution in [0.2, 0.25) is 0 Å². The molecule has 2 rings (SSSR count). The molecule has 2 amide bonds. The molecule has 0 aromatic heterocycles. The zero-order valence-corrected chi connectivity index (χ0v) is 19.2. The average Bonchev–Trinajstić information content (AvgIpc) is 2.77. The predicted octanol–water partition coefficient (Wildman–Crippen LogP) is 8.28. The monoisotopic (exact) mass is 424 g/mol. The number of aryl methyl sites for hydroxylation is 1. The molecule has 0 saturated carbocycles. The van der Waals surface area contributed by atoms with E-state index in [0.29, 0.717) is 5.69 Å². The number of amides is 2. The van der Waals surface area contributed by atoms with Gasteiger partial charge in [-0.15, -0.1) is 0 Å². The minimum Gasteiger partial charge on any atom is -0.508 e. The van der Waals surface area contributed by atoms with Gasteiger partial charge in [0.25, 0.3) is 0 Å². The van der Waals surface area contributed by atoms with Gasteiger partial charge < -0.3 is 15.7 Å². The van der Waals surface area contributed by atoms with E-state index in [1.165, 1.54) is 82.6 Å². The lowest BCUT2D eigenvalue weighted by atomic mass is 10.0. The normalized spacial score (nSPS) is 10.7. The molecule has 0 spiro atoms. The van der Waals surface area contributed by atoms with Crippen molar-refractivity contribution in [2.75, 3.05) is 10.6 Å². The molecule has 0 atom stereocenters. The van der Waals surface area contributed by atoms with Crippen molar-refractivity contribution in [2.45, 2.75) is 90.4 Å². The van der Waals surface area contributed by atoms with Gasteiger partial charge in [0.1, 0.15) is 5.75 Å². The standard InChI is InChI=1S/C27H40N2O2/c1-2-3-4-5-6-7-8-9-10-11-12-13-14-23-15-17-24(18-16-23)28-27(31)29-25-19-21-26(30)22-20-25/h15-22,30H,2-14H2,1H3,(H2,28,29,31). The van der Waals surface area contributed by atoms with Crippen LogP contribution in [0.5, 0.6) is 5.75 Å². The van der Waals surface area contributed by atoms with Gasteiger partial charge in [-0.25, -0.2) is 4.79 Å². The summed E-state index contributed by atoms with van der Waals surface area (Å²) in [6, 6.07) is 14.2. The van der Waals surface area contributed by atoms with E-state index in [0.717, 1.165) is 12.1 Å². The van der Waals surface area contributed by atoms with Crippen LogP contribution in [-0.2, 0) is 6.42 Å². The van der Waals surface area contributed by atoms with Crippen LogP contribution in [-0.4, -0.2) is 11.1 Å². The quantitative estimate of drug-likeness (QED) is 0.199. The van der Waals surface area contributed by atoms with Crippen molar-refractivity contribution in [2.24, 2.45) is 0 Å². The first kappa shape index (κ1) is 24.8. The highest BCUT2D eigenvalue weighted by Crippen LogP contribution is 2.17. The van der Waals surface area contributed by atoms with Crippen molar-refractivity contribution >= 4 is 17.4 Å². The number of phenols is 1. The fourth-order valence-corrected chi connectivity index (χ4v) is 3.76. The molecule has 0 aliphatic carbocycles. The summed E-state index contributed by atoms with van der Waals surface area (Å²) in [5, 5.41) is 14.9. The summed E-state index contributed by atoms with van der Waals surface area (Å²) < 4.78 is 0. The number of hydrogen-bond donors (Lipinski definition) is 3. The molecular weight excluding hydrogens is 384 g/mol. The van der Waals surface area contributed by atoms with E-state index in [2.05, 4.69) is 29.7 Å². The highest BCUT2D eigenvalue weighted by atomic mass is 16.3. The lowest BCUT2D eigenvalue weighted by Crippen LogP contribution is -2.19. The molecule has 0 saturated heterocycles. The maximum absolute atomic E-state index is 12.1. The Morgan fingerprint density at radius 2 is 1.06 bits per heavy atom. The number of phenolic OH excluding ortho intramolecular Hbond substituents is 1. The van der Waals surface area contributed by atoms with Gasteiger partial charge >= 0.3 is 6.03 Å². The second kappa shape index (κ2) is 15.3. The van der Waals surface area contributed by atoms with Crippen LogP contribution in [0, 0.1) is 0 Å². The largest absolute Gasteiger partial charge is 0.508 e. The Labute approximate surface area is 188 Å². The number of benzene rings is 2. The van der Waals surface area contributed by atoms with E-state index in [1.807, 2.05) is 12.1 Å². The third-order valence-corrected chi connectivity index (χ3v) is 5.66. The van der Waals surface area contributed by atoms with Crippen LogP contribution >= 0.6 is 0 Å². The average molecular weight is 425 g/mol. The summed E-state index contributed by atoms with van der Waals surface area (Å²) in [6.45, 7) is 2.27. The van der Waals surface area contributed by atoms with Gasteiger partial charge in [0, 0.05) is 11.4 Å². The molecule has 0 bridgehead atoms. The van der Waals surface area contributed by atoms with E-state index >= 15 is 0 Å². The number of urea groups is 1. The van der Waals surface area contributed by atoms with Gasteiger partial charge in [-0.1, -0.05) is 89.7 Å². The number of carbonyl (C=O) groups excluding carboxylic acids is 1.